The molecule has 1 atom stereocenters. The van der Waals surface area contributed by atoms with Crippen molar-refractivity contribution in [3.8, 4) is 0 Å². The molecular formula is C13H15N3O4. The van der Waals surface area contributed by atoms with Crippen LogP contribution in [0.4, 0.5) is 0 Å². The first-order valence-corrected chi connectivity index (χ1v) is 6.71. The van der Waals surface area contributed by atoms with E-state index >= 15 is 0 Å². The number of nitrogens with one attached hydrogen (secondary N) is 1. The molecule has 20 heavy (non-hydrogen) atoms. The summed E-state index contributed by atoms with van der Waals surface area (Å²) in [6, 6.07) is 0.977. The lowest BCUT2D eigenvalue weighted by molar-refractivity contribution is -0.138. The molecule has 0 spiro atoms. The smallest absolute Gasteiger partial charge is 0.277 e. The topological polar surface area (TPSA) is 92.5 Å². The molecule has 1 saturated carbocycles. The Morgan fingerprint density at radius 3 is 2.90 bits per heavy atom. The van der Waals surface area contributed by atoms with Crippen molar-refractivity contribution in [2.75, 3.05) is 6.54 Å². The predicted molar refractivity (Wildman–Crippen MR) is 66.7 cm³/mol. The van der Waals surface area contributed by atoms with E-state index in [0.29, 0.717) is 18.1 Å². The summed E-state index contributed by atoms with van der Waals surface area (Å²) >= 11 is 0. The molecule has 1 aromatic heterocycles. The molecule has 3 amide bonds. The number of carbonyl (C=O) groups excluding carboxylic acids is 3. The van der Waals surface area contributed by atoms with Crippen molar-refractivity contribution in [1.82, 2.24) is 15.4 Å². The van der Waals surface area contributed by atoms with Gasteiger partial charge in [0.2, 0.25) is 11.8 Å². The van der Waals surface area contributed by atoms with Gasteiger partial charge in [-0.15, -0.1) is 0 Å². The molecule has 1 aromatic rings. The third kappa shape index (κ3) is 2.19. The second-order valence-electron chi connectivity index (χ2n) is 5.16. The standard InChI is InChI=1S/C13H15N3O4/c1-2-9-12(18)14-11(17)6-16(9)13(19)8-5-10(20-15-8)7-3-4-7/h5,7,9H,2-4,6H2,1H3,(H,14,17,18). The van der Waals surface area contributed by atoms with Gasteiger partial charge < -0.3 is 9.42 Å². The van der Waals surface area contributed by atoms with Crippen LogP contribution in [0.2, 0.25) is 0 Å². The van der Waals surface area contributed by atoms with E-state index < -0.39 is 23.8 Å². The second kappa shape index (κ2) is 4.73. The fourth-order valence-corrected chi connectivity index (χ4v) is 2.38. The second-order valence-corrected chi connectivity index (χ2v) is 5.16. The van der Waals surface area contributed by atoms with Gasteiger partial charge in [-0.25, -0.2) is 0 Å². The molecule has 106 valence electrons. The summed E-state index contributed by atoms with van der Waals surface area (Å²) < 4.78 is 5.14. The van der Waals surface area contributed by atoms with Gasteiger partial charge in [0.1, 0.15) is 18.3 Å². The van der Waals surface area contributed by atoms with Crippen LogP contribution < -0.4 is 5.32 Å². The van der Waals surface area contributed by atoms with Crippen molar-refractivity contribution in [2.24, 2.45) is 0 Å². The molecule has 1 saturated heterocycles. The lowest BCUT2D eigenvalue weighted by Gasteiger charge is -2.32. The van der Waals surface area contributed by atoms with E-state index in [4.69, 9.17) is 4.52 Å². The Morgan fingerprint density at radius 2 is 2.25 bits per heavy atom. The summed E-state index contributed by atoms with van der Waals surface area (Å²) in [6.45, 7) is 1.66. The van der Waals surface area contributed by atoms with Gasteiger partial charge in [-0.3, -0.25) is 19.7 Å². The lowest BCUT2D eigenvalue weighted by Crippen LogP contribution is -2.59. The van der Waals surface area contributed by atoms with Crippen LogP contribution in [-0.4, -0.2) is 40.4 Å². The normalized spacial score (nSPS) is 22.9. The van der Waals surface area contributed by atoms with E-state index in [0.717, 1.165) is 12.8 Å². The summed E-state index contributed by atoms with van der Waals surface area (Å²) in [6.07, 6.45) is 2.54. The molecule has 1 unspecified atom stereocenters. The first-order chi connectivity index (χ1) is 9.60. The maximum atomic E-state index is 12.4. The highest BCUT2D eigenvalue weighted by Crippen LogP contribution is 2.40. The minimum atomic E-state index is -0.638. The van der Waals surface area contributed by atoms with E-state index in [1.807, 2.05) is 0 Å². The van der Waals surface area contributed by atoms with Gasteiger partial charge in [0.05, 0.1) is 0 Å². The Balaban J connectivity index is 1.82. The van der Waals surface area contributed by atoms with Crippen molar-refractivity contribution in [3.63, 3.8) is 0 Å². The van der Waals surface area contributed by atoms with Crippen LogP contribution in [0.25, 0.3) is 0 Å². The van der Waals surface area contributed by atoms with Crippen molar-refractivity contribution >= 4 is 17.7 Å². The molecule has 2 fully saturated rings. The highest BCUT2D eigenvalue weighted by Gasteiger charge is 2.37. The van der Waals surface area contributed by atoms with Crippen molar-refractivity contribution in [1.29, 1.82) is 0 Å². The Morgan fingerprint density at radius 1 is 1.50 bits per heavy atom. The van der Waals surface area contributed by atoms with Crippen LogP contribution in [0.15, 0.2) is 10.6 Å². The highest BCUT2D eigenvalue weighted by atomic mass is 16.5. The van der Waals surface area contributed by atoms with Gasteiger partial charge >= 0.3 is 0 Å². The number of amides is 3. The average molecular weight is 277 g/mol. The molecule has 1 aliphatic carbocycles. The Hall–Kier alpha value is -2.18. The lowest BCUT2D eigenvalue weighted by atomic mass is 10.1. The molecule has 1 aliphatic heterocycles. The van der Waals surface area contributed by atoms with Gasteiger partial charge in [-0.2, -0.15) is 0 Å². The Labute approximate surface area is 115 Å². The van der Waals surface area contributed by atoms with Crippen LogP contribution in [0.3, 0.4) is 0 Å². The molecule has 0 bridgehead atoms. The van der Waals surface area contributed by atoms with Crippen molar-refractivity contribution < 1.29 is 18.9 Å². The molecule has 0 radical (unpaired) electrons. The van der Waals surface area contributed by atoms with E-state index in [1.165, 1.54) is 4.90 Å². The highest BCUT2D eigenvalue weighted by molar-refractivity contribution is 6.06. The fraction of sp³-hybridized carbons (Fsp3) is 0.538. The minimum Gasteiger partial charge on any atom is -0.360 e. The van der Waals surface area contributed by atoms with Gasteiger partial charge in [-0.05, 0) is 19.3 Å². The number of carbonyl (C=O) groups is 3. The third-order valence-corrected chi connectivity index (χ3v) is 3.63. The van der Waals surface area contributed by atoms with E-state index in [9.17, 15) is 14.4 Å². The zero-order chi connectivity index (χ0) is 14.3. The summed E-state index contributed by atoms with van der Waals surface area (Å²) in [5, 5.41) is 6.00. The van der Waals surface area contributed by atoms with Gasteiger partial charge in [-0.1, -0.05) is 12.1 Å². The molecule has 1 N–H and O–H groups in total. The van der Waals surface area contributed by atoms with Gasteiger partial charge in [0, 0.05) is 12.0 Å². The van der Waals surface area contributed by atoms with Crippen LogP contribution in [0.5, 0.6) is 0 Å². The molecule has 0 aromatic carbocycles. The number of hydrogen-bond donors (Lipinski definition) is 1. The Kier molecular flexibility index (Phi) is 3.04. The zero-order valence-corrected chi connectivity index (χ0v) is 11.1. The molecular weight excluding hydrogens is 262 g/mol. The quantitative estimate of drug-likeness (QED) is 0.809. The van der Waals surface area contributed by atoms with Gasteiger partial charge in [0.15, 0.2) is 5.69 Å². The molecule has 3 rings (SSSR count). The van der Waals surface area contributed by atoms with Crippen LogP contribution >= 0.6 is 0 Å². The summed E-state index contributed by atoms with van der Waals surface area (Å²) in [7, 11) is 0. The molecule has 7 nitrogen and oxygen atoms in total. The van der Waals surface area contributed by atoms with Crippen LogP contribution in [0, 0.1) is 0 Å². The largest absolute Gasteiger partial charge is 0.360 e. The monoisotopic (exact) mass is 277 g/mol. The number of aromatic nitrogens is 1. The minimum absolute atomic E-state index is 0.130. The van der Waals surface area contributed by atoms with Crippen molar-refractivity contribution in [3.05, 3.63) is 17.5 Å². The van der Waals surface area contributed by atoms with Gasteiger partial charge in [0.25, 0.3) is 5.91 Å². The maximum absolute atomic E-state index is 12.4. The third-order valence-electron chi connectivity index (χ3n) is 3.63. The summed E-state index contributed by atoms with van der Waals surface area (Å²) in [5.41, 5.74) is 0.160. The average Bonchev–Trinajstić information content (AvgIpc) is 3.15. The zero-order valence-electron chi connectivity index (χ0n) is 11.1. The van der Waals surface area contributed by atoms with E-state index in [2.05, 4.69) is 10.5 Å². The van der Waals surface area contributed by atoms with E-state index in [-0.39, 0.29) is 12.2 Å². The van der Waals surface area contributed by atoms with Crippen molar-refractivity contribution in [2.45, 2.75) is 38.1 Å². The maximum Gasteiger partial charge on any atom is 0.277 e. The summed E-state index contributed by atoms with van der Waals surface area (Å²) in [4.78, 5) is 36.8. The van der Waals surface area contributed by atoms with Crippen LogP contribution in [0.1, 0.15) is 48.4 Å². The number of nitrogens with zero attached hydrogens (tertiary/aromatic N) is 2. The SMILES string of the molecule is CCC1C(=O)NC(=O)CN1C(=O)c1cc(C2CC2)on1. The first kappa shape index (κ1) is 12.8. The number of rotatable bonds is 3. The molecule has 2 aliphatic rings. The number of imide groups is 1. The number of piperazine rings is 1. The fourth-order valence-electron chi connectivity index (χ4n) is 2.38. The molecule has 7 heteroatoms. The van der Waals surface area contributed by atoms with E-state index in [1.54, 1.807) is 13.0 Å². The Bertz CT molecular complexity index is 576. The predicted octanol–water partition coefficient (Wildman–Crippen LogP) is 0.429. The summed E-state index contributed by atoms with van der Waals surface area (Å²) in [5.74, 6) is -0.288. The first-order valence-electron chi connectivity index (χ1n) is 6.71. The van der Waals surface area contributed by atoms with Crippen LogP contribution in [-0.2, 0) is 9.59 Å². The molecule has 2 heterocycles. The number of hydrogen-bond acceptors (Lipinski definition) is 5.